The van der Waals surface area contributed by atoms with E-state index in [1.807, 2.05) is 48.5 Å². The Hall–Kier alpha value is -4.20. The lowest BCUT2D eigenvalue weighted by Gasteiger charge is -2.43. The molecule has 0 amide bonds. The maximum absolute atomic E-state index is 14.2. The van der Waals surface area contributed by atoms with Crippen molar-refractivity contribution in [2.75, 3.05) is 6.26 Å². The highest BCUT2D eigenvalue weighted by Crippen LogP contribution is 2.69. The highest BCUT2D eigenvalue weighted by Gasteiger charge is 2.35. The van der Waals surface area contributed by atoms with Crippen molar-refractivity contribution < 1.29 is 0 Å². The minimum atomic E-state index is -1.91. The lowest BCUT2D eigenvalue weighted by Crippen LogP contribution is -2.18. The van der Waals surface area contributed by atoms with Crippen LogP contribution in [0.1, 0.15) is 63.8 Å². The quantitative estimate of drug-likeness (QED) is 0.163. The summed E-state index contributed by atoms with van der Waals surface area (Å²) < 4.78 is 4.05. The van der Waals surface area contributed by atoms with Gasteiger partial charge in [0.15, 0.2) is 10.9 Å². The van der Waals surface area contributed by atoms with Crippen LogP contribution < -0.4 is 10.9 Å². The Kier molecular flexibility index (Phi) is 9.44. The first-order valence-corrected chi connectivity index (χ1v) is 23.2. The van der Waals surface area contributed by atoms with Crippen molar-refractivity contribution in [1.82, 2.24) is 0 Å². The number of aryl methyl sites for hydroxylation is 2. The highest BCUT2D eigenvalue weighted by atomic mass is 32.3. The van der Waals surface area contributed by atoms with Gasteiger partial charge in [-0.25, -0.2) is 0 Å². The van der Waals surface area contributed by atoms with Gasteiger partial charge in [-0.15, -0.1) is 22.7 Å². The van der Waals surface area contributed by atoms with Crippen LogP contribution >= 0.6 is 44.5 Å². The molecule has 2 nitrogen and oxygen atoms in total. The Morgan fingerprint density at radius 3 is 1.69 bits per heavy atom. The third-order valence-electron chi connectivity index (χ3n) is 10.8. The average molecular weight is 795 g/mol. The molecule has 6 heteroatoms. The summed E-state index contributed by atoms with van der Waals surface area (Å²) in [5.41, 5.74) is 5.00. The Labute approximate surface area is 337 Å². The van der Waals surface area contributed by atoms with E-state index in [0.29, 0.717) is 0 Å². The topological polar surface area (TPSA) is 34.1 Å². The molecule has 0 aliphatic rings. The van der Waals surface area contributed by atoms with E-state index in [2.05, 4.69) is 128 Å². The number of hydrogen-bond acceptors (Lipinski definition) is 5. The predicted octanol–water partition coefficient (Wildman–Crippen LogP) is 14.4. The SMILES string of the molecule is Cc1cc(S(C)(c2ccc3sc4ccccc4c(=O)c3c2)c2cc(C(C)(C)C)ccc2C)c(C(C)(C)C)cc1Sc1ccc2sc3ccccc3c(=O)c2c1. The van der Waals surface area contributed by atoms with E-state index in [0.717, 1.165) is 45.2 Å². The van der Waals surface area contributed by atoms with Crippen LogP contribution in [-0.2, 0) is 10.8 Å². The second-order valence-corrected chi connectivity index (χ2v) is 23.3. The second kappa shape index (κ2) is 13.8. The number of fused-ring (bicyclic) bond motifs is 4. The van der Waals surface area contributed by atoms with Crippen molar-refractivity contribution >= 4 is 84.8 Å². The van der Waals surface area contributed by atoms with Gasteiger partial charge in [0.1, 0.15) is 0 Å². The van der Waals surface area contributed by atoms with E-state index in [1.54, 1.807) is 34.4 Å². The molecule has 0 saturated carbocycles. The molecule has 0 saturated heterocycles. The van der Waals surface area contributed by atoms with E-state index in [1.165, 1.54) is 41.8 Å². The van der Waals surface area contributed by atoms with Gasteiger partial charge in [-0.2, -0.15) is 10.0 Å². The van der Waals surface area contributed by atoms with Gasteiger partial charge < -0.3 is 0 Å². The largest absolute Gasteiger partial charge is 0.289 e. The van der Waals surface area contributed by atoms with Crippen molar-refractivity contribution in [3.05, 3.63) is 158 Å². The molecule has 0 aliphatic carbocycles. The molecule has 6 aromatic carbocycles. The summed E-state index contributed by atoms with van der Waals surface area (Å²) in [6.45, 7) is 18.2. The zero-order valence-electron chi connectivity index (χ0n) is 32.9. The van der Waals surface area contributed by atoms with Gasteiger partial charge in [-0.3, -0.25) is 9.59 Å². The number of rotatable bonds is 5. The van der Waals surface area contributed by atoms with E-state index < -0.39 is 10.0 Å². The normalized spacial score (nSPS) is 14.1. The average Bonchev–Trinajstić information content (AvgIpc) is 3.15. The zero-order valence-corrected chi connectivity index (χ0v) is 36.2. The van der Waals surface area contributed by atoms with E-state index in [9.17, 15) is 9.59 Å². The van der Waals surface area contributed by atoms with Crippen LogP contribution in [0.15, 0.2) is 149 Å². The van der Waals surface area contributed by atoms with Crippen molar-refractivity contribution in [2.45, 2.75) is 90.7 Å². The Balaban J connectivity index is 1.36. The van der Waals surface area contributed by atoms with Crippen LogP contribution in [0.4, 0.5) is 0 Å². The van der Waals surface area contributed by atoms with Gasteiger partial charge in [-0.1, -0.05) is 89.7 Å². The summed E-state index contributed by atoms with van der Waals surface area (Å²) in [4.78, 5) is 33.9. The van der Waals surface area contributed by atoms with Gasteiger partial charge in [0.25, 0.3) is 0 Å². The van der Waals surface area contributed by atoms with E-state index in [4.69, 9.17) is 0 Å². The molecule has 2 heterocycles. The first-order valence-electron chi connectivity index (χ1n) is 18.7. The molecule has 0 spiro atoms. The third-order valence-corrected chi connectivity index (χ3v) is 18.0. The molecule has 0 fully saturated rings. The molecule has 1 atom stereocenters. The Morgan fingerprint density at radius 2 is 1.09 bits per heavy atom. The minimum Gasteiger partial charge on any atom is -0.289 e. The number of hydrogen-bond donors (Lipinski definition) is 0. The van der Waals surface area contributed by atoms with Gasteiger partial charge in [0.05, 0.1) is 0 Å². The van der Waals surface area contributed by atoms with Crippen LogP contribution in [0.2, 0.25) is 0 Å². The standard InChI is InChI=1S/C49H46O2S4/c1-29-18-19-31(48(3,4)5)25-44(29)55(9,33-21-23-42-37(27-33)47(51)35-15-11-13-17-40(35)54-42)45-24-30(2)43(28-38(45)49(6,7)8)52-32-20-22-41-36(26-32)46(50)34-14-10-12-16-39(34)53-41/h10-28H,1-9H3. The smallest absolute Gasteiger partial charge is 0.195 e. The molecule has 2 aromatic heterocycles. The first kappa shape index (κ1) is 37.7. The Bertz CT molecular complexity index is 2960. The molecule has 0 aliphatic heterocycles. The summed E-state index contributed by atoms with van der Waals surface area (Å²) >= 11 is 5.09. The molecular formula is C49H46O2S4. The highest BCUT2D eigenvalue weighted by molar-refractivity contribution is 8.33. The summed E-state index contributed by atoms with van der Waals surface area (Å²) in [5, 5.41) is 3.11. The van der Waals surface area contributed by atoms with Crippen molar-refractivity contribution in [1.29, 1.82) is 0 Å². The maximum Gasteiger partial charge on any atom is 0.195 e. The number of benzene rings is 6. The molecule has 0 N–H and O–H groups in total. The summed E-state index contributed by atoms with van der Waals surface area (Å²) in [6, 6.07) is 40.7. The van der Waals surface area contributed by atoms with E-state index >= 15 is 0 Å². The minimum absolute atomic E-state index is 0.0327. The van der Waals surface area contributed by atoms with Crippen molar-refractivity contribution in [2.24, 2.45) is 0 Å². The van der Waals surface area contributed by atoms with Gasteiger partial charge in [-0.05, 0) is 137 Å². The van der Waals surface area contributed by atoms with Crippen LogP contribution in [0, 0.1) is 13.8 Å². The Morgan fingerprint density at radius 1 is 0.527 bits per heavy atom. The fraction of sp³-hybridized carbons (Fsp3) is 0.224. The van der Waals surface area contributed by atoms with Crippen LogP contribution in [-0.4, -0.2) is 6.26 Å². The summed E-state index contributed by atoms with van der Waals surface area (Å²) in [7, 11) is -1.91. The van der Waals surface area contributed by atoms with Crippen molar-refractivity contribution in [3.63, 3.8) is 0 Å². The lowest BCUT2D eigenvalue weighted by molar-refractivity contribution is 0.574. The fourth-order valence-corrected chi connectivity index (χ4v) is 14.4. The molecule has 0 bridgehead atoms. The maximum atomic E-state index is 14.2. The molecule has 278 valence electrons. The summed E-state index contributed by atoms with van der Waals surface area (Å²) in [5.74, 6) is 0. The molecule has 8 aromatic rings. The molecular weight excluding hydrogens is 749 g/mol. The molecule has 0 radical (unpaired) electrons. The van der Waals surface area contributed by atoms with Crippen LogP contribution in [0.3, 0.4) is 0 Å². The third kappa shape index (κ3) is 6.65. The molecule has 55 heavy (non-hydrogen) atoms. The molecule has 8 rings (SSSR count). The van der Waals surface area contributed by atoms with Crippen LogP contribution in [0.5, 0.6) is 0 Å². The fourth-order valence-electron chi connectivity index (χ4n) is 7.58. The van der Waals surface area contributed by atoms with E-state index in [-0.39, 0.29) is 21.7 Å². The summed E-state index contributed by atoms with van der Waals surface area (Å²) in [6.07, 6.45) is 2.44. The monoisotopic (exact) mass is 794 g/mol. The second-order valence-electron chi connectivity index (χ2n) is 16.8. The van der Waals surface area contributed by atoms with Gasteiger partial charge >= 0.3 is 0 Å². The van der Waals surface area contributed by atoms with Crippen LogP contribution in [0.25, 0.3) is 40.3 Å². The van der Waals surface area contributed by atoms with Gasteiger partial charge in [0, 0.05) is 59.9 Å². The lowest BCUT2D eigenvalue weighted by atomic mass is 9.86. The molecule has 1 unspecified atom stereocenters. The zero-order chi connectivity index (χ0) is 39.0. The van der Waals surface area contributed by atoms with Crippen molar-refractivity contribution in [3.8, 4) is 0 Å². The first-order chi connectivity index (χ1) is 26.0. The van der Waals surface area contributed by atoms with Gasteiger partial charge in [0.2, 0.25) is 0 Å². The predicted molar refractivity (Wildman–Crippen MR) is 243 cm³/mol.